The highest BCUT2D eigenvalue weighted by atomic mass is 19.4. The van der Waals surface area contributed by atoms with Gasteiger partial charge in [-0.2, -0.15) is 52.7 Å². The first-order valence-electron chi connectivity index (χ1n) is 11.3. The number of hydrogen-bond donors (Lipinski definition) is 1. The number of amides is 1. The number of rotatable bonds is 8. The SMILES string of the molecule is C[C@@H](CC(=O)c1ccc(/C(F)=C/C(c2ccc(F)c(C(F)(F)F)c2)C(F)(F)F)cc1C(F)(F)F)C(=O)NCC(F)(F)F. The van der Waals surface area contributed by atoms with E-state index in [2.05, 4.69) is 0 Å². The van der Waals surface area contributed by atoms with Gasteiger partial charge in [0, 0.05) is 23.5 Å². The Hall–Kier alpha value is -3.66. The number of ketones is 1. The molecule has 0 fully saturated rings. The van der Waals surface area contributed by atoms with Gasteiger partial charge < -0.3 is 5.32 Å². The van der Waals surface area contributed by atoms with E-state index in [4.69, 9.17) is 0 Å². The topological polar surface area (TPSA) is 46.2 Å². The smallest absolute Gasteiger partial charge is 0.347 e. The number of carbonyl (C=O) groups excluding carboxylic acids is 2. The molecule has 2 aromatic rings. The molecule has 0 bridgehead atoms. The number of hydrogen-bond acceptors (Lipinski definition) is 2. The maximum absolute atomic E-state index is 14.9. The van der Waals surface area contributed by atoms with Crippen LogP contribution < -0.4 is 5.32 Å². The lowest BCUT2D eigenvalue weighted by molar-refractivity contribution is -0.143. The van der Waals surface area contributed by atoms with Gasteiger partial charge in [-0.1, -0.05) is 25.1 Å². The van der Waals surface area contributed by atoms with Crippen molar-refractivity contribution in [3.8, 4) is 0 Å². The van der Waals surface area contributed by atoms with Gasteiger partial charge >= 0.3 is 24.7 Å². The third-order valence-corrected chi connectivity index (χ3v) is 5.62. The fourth-order valence-electron chi connectivity index (χ4n) is 3.59. The van der Waals surface area contributed by atoms with Gasteiger partial charge in [0.2, 0.25) is 5.91 Å². The van der Waals surface area contributed by atoms with Crippen molar-refractivity contribution in [2.45, 2.75) is 44.0 Å². The van der Waals surface area contributed by atoms with Gasteiger partial charge in [-0.15, -0.1) is 0 Å². The van der Waals surface area contributed by atoms with E-state index < -0.39 is 101 Å². The number of carbonyl (C=O) groups is 2. The Balaban J connectivity index is 2.48. The Kier molecular flexibility index (Phi) is 10.1. The highest BCUT2D eigenvalue weighted by Gasteiger charge is 2.42. The standard InChI is InChI=1S/C25H17F14NO2/c1-11(21(42)40-10-22(28,29)30)6-20(41)14-4-2-13(8-16(14)24(34,35)36)19(27)9-15(23(31,32)33)12-3-5-18(26)17(7-12)25(37,38)39/h2-5,7-9,11,15H,6,10H2,1H3,(H,40,42)/b19-9-/t11-,15?/m0/s1. The Morgan fingerprint density at radius 3 is 1.90 bits per heavy atom. The lowest BCUT2D eigenvalue weighted by Crippen LogP contribution is -2.37. The summed E-state index contributed by atoms with van der Waals surface area (Å²) in [5.41, 5.74) is -7.63. The summed E-state index contributed by atoms with van der Waals surface area (Å²) in [6.07, 6.45) is -22.5. The summed E-state index contributed by atoms with van der Waals surface area (Å²) in [6, 6.07) is 0.841. The summed E-state index contributed by atoms with van der Waals surface area (Å²) >= 11 is 0. The minimum absolute atomic E-state index is 0.0508. The molecule has 1 amide bonds. The van der Waals surface area contributed by atoms with E-state index in [1.807, 2.05) is 0 Å². The molecule has 42 heavy (non-hydrogen) atoms. The molecule has 1 N–H and O–H groups in total. The van der Waals surface area contributed by atoms with Crippen LogP contribution >= 0.6 is 0 Å². The largest absolute Gasteiger partial charge is 0.419 e. The van der Waals surface area contributed by atoms with Crippen molar-refractivity contribution in [3.05, 3.63) is 76.1 Å². The van der Waals surface area contributed by atoms with E-state index in [-0.39, 0.29) is 30.3 Å². The fourth-order valence-corrected chi connectivity index (χ4v) is 3.59. The second-order valence-corrected chi connectivity index (χ2v) is 8.89. The molecule has 0 saturated heterocycles. The lowest BCUT2D eigenvalue weighted by Gasteiger charge is -2.20. The summed E-state index contributed by atoms with van der Waals surface area (Å²) in [5.74, 6) is -11.4. The molecule has 3 nitrogen and oxygen atoms in total. The number of benzene rings is 2. The molecular weight excluding hydrogens is 612 g/mol. The van der Waals surface area contributed by atoms with Gasteiger partial charge in [0.15, 0.2) is 5.78 Å². The van der Waals surface area contributed by atoms with Crippen molar-refractivity contribution in [2.75, 3.05) is 6.54 Å². The number of allylic oxidation sites excluding steroid dienone is 1. The van der Waals surface area contributed by atoms with Crippen molar-refractivity contribution in [1.29, 1.82) is 0 Å². The number of nitrogens with one attached hydrogen (secondary N) is 1. The summed E-state index contributed by atoms with van der Waals surface area (Å²) in [6.45, 7) is -0.850. The minimum atomic E-state index is -5.50. The van der Waals surface area contributed by atoms with Gasteiger partial charge in [-0.05, 0) is 29.8 Å². The molecule has 0 aliphatic carbocycles. The molecule has 0 heterocycles. The number of halogens is 14. The summed E-state index contributed by atoms with van der Waals surface area (Å²) < 4.78 is 186. The second kappa shape index (κ2) is 12.3. The summed E-state index contributed by atoms with van der Waals surface area (Å²) in [7, 11) is 0. The van der Waals surface area contributed by atoms with E-state index in [0.717, 1.165) is 6.92 Å². The first-order valence-corrected chi connectivity index (χ1v) is 11.3. The lowest BCUT2D eigenvalue weighted by atomic mass is 9.92. The zero-order valence-electron chi connectivity index (χ0n) is 20.7. The van der Waals surface area contributed by atoms with Crippen molar-refractivity contribution in [3.63, 3.8) is 0 Å². The molecule has 232 valence electrons. The second-order valence-electron chi connectivity index (χ2n) is 8.89. The van der Waals surface area contributed by atoms with Crippen LogP contribution in [0.4, 0.5) is 61.5 Å². The molecule has 2 rings (SSSR count). The summed E-state index contributed by atoms with van der Waals surface area (Å²) in [5, 5.41) is 1.44. The van der Waals surface area contributed by atoms with Crippen LogP contribution in [0.1, 0.15) is 51.9 Å². The molecule has 0 saturated carbocycles. The molecular formula is C25H17F14NO2. The predicted molar refractivity (Wildman–Crippen MR) is 118 cm³/mol. The van der Waals surface area contributed by atoms with E-state index >= 15 is 0 Å². The van der Waals surface area contributed by atoms with Crippen LogP contribution in [0.25, 0.3) is 5.83 Å². The third-order valence-electron chi connectivity index (χ3n) is 5.62. The van der Waals surface area contributed by atoms with Gasteiger partial charge in [0.25, 0.3) is 0 Å². The van der Waals surface area contributed by atoms with Crippen LogP contribution in [0.15, 0.2) is 42.5 Å². The van der Waals surface area contributed by atoms with Crippen LogP contribution in [0.3, 0.4) is 0 Å². The van der Waals surface area contributed by atoms with Crippen molar-refractivity contribution < 1.29 is 71.1 Å². The van der Waals surface area contributed by atoms with Gasteiger partial charge in [0.1, 0.15) is 24.1 Å². The highest BCUT2D eigenvalue weighted by molar-refractivity contribution is 6.00. The van der Waals surface area contributed by atoms with Crippen LogP contribution in [-0.4, -0.2) is 30.6 Å². The monoisotopic (exact) mass is 629 g/mol. The molecule has 0 spiro atoms. The Morgan fingerprint density at radius 2 is 1.40 bits per heavy atom. The van der Waals surface area contributed by atoms with E-state index in [9.17, 15) is 71.1 Å². The van der Waals surface area contributed by atoms with Crippen molar-refractivity contribution >= 4 is 17.5 Å². The zero-order valence-corrected chi connectivity index (χ0v) is 20.7. The minimum Gasteiger partial charge on any atom is -0.347 e. The van der Waals surface area contributed by atoms with E-state index in [1.165, 1.54) is 5.32 Å². The molecule has 17 heteroatoms. The first-order chi connectivity index (χ1) is 18.9. The van der Waals surface area contributed by atoms with Gasteiger partial charge in [-0.3, -0.25) is 9.59 Å². The zero-order chi connectivity index (χ0) is 32.4. The predicted octanol–water partition coefficient (Wildman–Crippen LogP) is 8.41. The molecule has 2 aromatic carbocycles. The normalized spacial score (nSPS) is 14.9. The average molecular weight is 629 g/mol. The molecule has 0 aromatic heterocycles. The Bertz CT molecular complexity index is 1340. The number of Topliss-reactive ketones (excluding diaryl/α,β-unsaturated/α-hetero) is 1. The fraction of sp³-hybridized carbons (Fsp3) is 0.360. The van der Waals surface area contributed by atoms with Gasteiger partial charge in [-0.25, -0.2) is 8.78 Å². The van der Waals surface area contributed by atoms with E-state index in [1.54, 1.807) is 0 Å². The third kappa shape index (κ3) is 9.17. The van der Waals surface area contributed by atoms with Crippen LogP contribution in [0.2, 0.25) is 0 Å². The van der Waals surface area contributed by atoms with E-state index in [0.29, 0.717) is 12.1 Å². The molecule has 0 radical (unpaired) electrons. The Labute approximate surface area is 227 Å². The summed E-state index contributed by atoms with van der Waals surface area (Å²) in [4.78, 5) is 24.2. The average Bonchev–Trinajstić information content (AvgIpc) is 2.83. The highest BCUT2D eigenvalue weighted by Crippen LogP contribution is 2.42. The van der Waals surface area contributed by atoms with Crippen LogP contribution in [0.5, 0.6) is 0 Å². The maximum atomic E-state index is 14.9. The first kappa shape index (κ1) is 34.5. The van der Waals surface area contributed by atoms with Gasteiger partial charge in [0.05, 0.1) is 11.1 Å². The molecule has 2 atom stereocenters. The van der Waals surface area contributed by atoms with Crippen molar-refractivity contribution in [2.24, 2.45) is 5.92 Å². The molecule has 1 unspecified atom stereocenters. The van der Waals surface area contributed by atoms with Crippen LogP contribution in [-0.2, 0) is 17.1 Å². The Morgan fingerprint density at radius 1 is 0.833 bits per heavy atom. The van der Waals surface area contributed by atoms with Crippen molar-refractivity contribution in [1.82, 2.24) is 5.32 Å². The number of alkyl halides is 12. The van der Waals surface area contributed by atoms with Crippen LogP contribution in [0, 0.1) is 11.7 Å². The molecule has 0 aliphatic heterocycles. The maximum Gasteiger partial charge on any atom is 0.419 e. The quantitative estimate of drug-likeness (QED) is 0.236. The molecule has 0 aliphatic rings.